The van der Waals surface area contributed by atoms with Crippen LogP contribution < -0.4 is 15.4 Å². The molecule has 0 unspecified atom stereocenters. The van der Waals surface area contributed by atoms with Gasteiger partial charge in [-0.1, -0.05) is 6.58 Å². The van der Waals surface area contributed by atoms with Gasteiger partial charge in [0.1, 0.15) is 23.3 Å². The van der Waals surface area contributed by atoms with Crippen molar-refractivity contribution in [1.82, 2.24) is 29.8 Å². The summed E-state index contributed by atoms with van der Waals surface area (Å²) in [5.41, 5.74) is 6.38. The van der Waals surface area contributed by atoms with E-state index in [1.165, 1.54) is 6.08 Å². The van der Waals surface area contributed by atoms with E-state index in [9.17, 15) is 4.79 Å². The number of nitrogens with one attached hydrogen (secondary N) is 2. The number of amides is 1. The maximum absolute atomic E-state index is 11.7. The number of benzene rings is 2. The Morgan fingerprint density at radius 3 is 2.67 bits per heavy atom. The minimum atomic E-state index is -0.110. The van der Waals surface area contributed by atoms with Crippen LogP contribution in [0.1, 0.15) is 42.9 Å². The van der Waals surface area contributed by atoms with Gasteiger partial charge in [0.05, 0.1) is 22.9 Å². The first-order chi connectivity index (χ1) is 19.5. The van der Waals surface area contributed by atoms with Gasteiger partial charge in [-0.2, -0.15) is 0 Å². The number of hydrogen-bond donors (Lipinski definition) is 2. The molecule has 1 amide bonds. The fourth-order valence-electron chi connectivity index (χ4n) is 5.35. The first-order valence-electron chi connectivity index (χ1n) is 13.5. The summed E-state index contributed by atoms with van der Waals surface area (Å²) in [6, 6.07) is 16.1. The third-order valence-electron chi connectivity index (χ3n) is 7.54. The molecule has 0 saturated heterocycles. The fraction of sp³-hybridized carbons (Fsp3) is 0.258. The number of pyridine rings is 1. The number of aromatic nitrogens is 5. The highest BCUT2D eigenvalue weighted by molar-refractivity contribution is 5.87. The maximum Gasteiger partial charge on any atom is 0.243 e. The van der Waals surface area contributed by atoms with Gasteiger partial charge in [0.15, 0.2) is 5.82 Å². The van der Waals surface area contributed by atoms with E-state index in [2.05, 4.69) is 38.2 Å². The van der Waals surface area contributed by atoms with Crippen molar-refractivity contribution in [3.8, 4) is 11.5 Å². The molecular weight excluding hydrogens is 502 g/mol. The average molecular weight is 534 g/mol. The van der Waals surface area contributed by atoms with Gasteiger partial charge < -0.3 is 19.9 Å². The molecule has 202 valence electrons. The molecule has 9 heteroatoms. The molecule has 0 spiro atoms. The minimum Gasteiger partial charge on any atom is -0.457 e. The van der Waals surface area contributed by atoms with E-state index in [1.54, 1.807) is 12.7 Å². The lowest BCUT2D eigenvalue weighted by atomic mass is 9.83. The zero-order valence-electron chi connectivity index (χ0n) is 22.6. The molecule has 40 heavy (non-hydrogen) atoms. The minimum absolute atomic E-state index is 0.110. The van der Waals surface area contributed by atoms with Crippen LogP contribution in [-0.4, -0.2) is 36.5 Å². The van der Waals surface area contributed by atoms with Crippen molar-refractivity contribution in [1.29, 1.82) is 0 Å². The van der Waals surface area contributed by atoms with Crippen LogP contribution in [0.25, 0.3) is 22.1 Å². The van der Waals surface area contributed by atoms with Crippen LogP contribution in [0.3, 0.4) is 0 Å². The Balaban J connectivity index is 1.18. The van der Waals surface area contributed by atoms with Gasteiger partial charge in [-0.3, -0.25) is 4.79 Å². The number of anilines is 2. The van der Waals surface area contributed by atoms with E-state index in [0.717, 1.165) is 76.2 Å². The molecule has 9 nitrogen and oxygen atoms in total. The van der Waals surface area contributed by atoms with Gasteiger partial charge >= 0.3 is 0 Å². The quantitative estimate of drug-likeness (QED) is 0.244. The molecule has 1 fully saturated rings. The smallest absolute Gasteiger partial charge is 0.243 e. The van der Waals surface area contributed by atoms with Crippen LogP contribution in [0.5, 0.6) is 11.5 Å². The van der Waals surface area contributed by atoms with Crippen LogP contribution >= 0.6 is 0 Å². The number of rotatable bonds is 7. The van der Waals surface area contributed by atoms with Crippen molar-refractivity contribution in [3.63, 3.8) is 0 Å². The Bertz CT molecular complexity index is 1720. The lowest BCUT2D eigenvalue weighted by Gasteiger charge is -2.28. The molecule has 0 atom stereocenters. The number of carbonyl (C=O) groups excluding carboxylic acids is 1. The summed E-state index contributed by atoms with van der Waals surface area (Å²) in [5, 5.41) is 6.45. The van der Waals surface area contributed by atoms with Crippen molar-refractivity contribution in [2.24, 2.45) is 7.05 Å². The van der Waals surface area contributed by atoms with Crippen LogP contribution in [0, 0.1) is 6.92 Å². The molecule has 2 N–H and O–H groups in total. The number of nitrogens with zero attached hydrogens (tertiary/aromatic N) is 5. The van der Waals surface area contributed by atoms with E-state index in [1.807, 2.05) is 61.0 Å². The number of aryl methyl sites for hydroxylation is 2. The second kappa shape index (κ2) is 10.8. The predicted molar refractivity (Wildman–Crippen MR) is 156 cm³/mol. The summed E-state index contributed by atoms with van der Waals surface area (Å²) in [4.78, 5) is 30.0. The first kappa shape index (κ1) is 25.5. The Labute approximate surface area is 232 Å². The molecule has 3 heterocycles. The fourth-order valence-corrected chi connectivity index (χ4v) is 5.35. The molecule has 0 bridgehead atoms. The van der Waals surface area contributed by atoms with E-state index < -0.39 is 0 Å². The highest BCUT2D eigenvalue weighted by Gasteiger charge is 2.24. The summed E-state index contributed by atoms with van der Waals surface area (Å²) >= 11 is 0. The highest BCUT2D eigenvalue weighted by Crippen LogP contribution is 2.34. The van der Waals surface area contributed by atoms with Crippen LogP contribution in [0.15, 0.2) is 73.8 Å². The van der Waals surface area contributed by atoms with E-state index >= 15 is 0 Å². The molecular formula is C31H31N7O2. The van der Waals surface area contributed by atoms with E-state index in [4.69, 9.17) is 9.72 Å². The summed E-state index contributed by atoms with van der Waals surface area (Å²) in [7, 11) is 1.97. The second-order valence-electron chi connectivity index (χ2n) is 10.3. The van der Waals surface area contributed by atoms with Gasteiger partial charge in [-0.25, -0.2) is 19.9 Å². The molecule has 3 aromatic heterocycles. The van der Waals surface area contributed by atoms with Crippen LogP contribution in [0.2, 0.25) is 0 Å². The van der Waals surface area contributed by atoms with E-state index in [-0.39, 0.29) is 11.9 Å². The zero-order valence-corrected chi connectivity index (χ0v) is 22.6. The SMILES string of the molecule is C=CC(=O)NC1CCC(c2ccc3ncnc(Nc4ccc(Oc5ccc6c(c5)ncn6C)c(C)c4)c3n2)CC1. The molecule has 1 saturated carbocycles. The van der Waals surface area contributed by atoms with Crippen LogP contribution in [0.4, 0.5) is 11.5 Å². The normalized spacial score (nSPS) is 17.1. The summed E-state index contributed by atoms with van der Waals surface area (Å²) in [6.45, 7) is 5.56. The van der Waals surface area contributed by atoms with Crippen molar-refractivity contribution in [3.05, 3.63) is 85.1 Å². The lowest BCUT2D eigenvalue weighted by Crippen LogP contribution is -2.36. The predicted octanol–water partition coefficient (Wildman–Crippen LogP) is 6.08. The number of carbonyl (C=O) groups is 1. The Morgan fingerprint density at radius 2 is 1.88 bits per heavy atom. The van der Waals surface area contributed by atoms with Crippen molar-refractivity contribution in [2.75, 3.05) is 5.32 Å². The third kappa shape index (κ3) is 5.22. The molecule has 0 radical (unpaired) electrons. The Kier molecular flexibility index (Phi) is 6.86. The van der Waals surface area contributed by atoms with E-state index in [0.29, 0.717) is 11.7 Å². The van der Waals surface area contributed by atoms with Gasteiger partial charge in [-0.05, 0) is 86.7 Å². The van der Waals surface area contributed by atoms with Gasteiger partial charge in [0.25, 0.3) is 0 Å². The monoisotopic (exact) mass is 533 g/mol. The third-order valence-corrected chi connectivity index (χ3v) is 7.54. The largest absolute Gasteiger partial charge is 0.457 e. The zero-order chi connectivity index (χ0) is 27.6. The van der Waals surface area contributed by atoms with Gasteiger partial charge in [0.2, 0.25) is 5.91 Å². The molecule has 5 aromatic rings. The molecule has 2 aromatic carbocycles. The highest BCUT2D eigenvalue weighted by atomic mass is 16.5. The van der Waals surface area contributed by atoms with Gasteiger partial charge in [-0.15, -0.1) is 0 Å². The number of fused-ring (bicyclic) bond motifs is 2. The topological polar surface area (TPSA) is 107 Å². The second-order valence-corrected chi connectivity index (χ2v) is 10.3. The number of imidazole rings is 1. The molecule has 6 rings (SSSR count). The molecule has 1 aliphatic rings. The standard InChI is InChI=1S/C31H31N7O2/c1-4-29(39)35-21-7-5-20(6-8-21)24-11-12-25-30(37-24)31(33-17-32-25)36-22-9-14-28(19(2)15-22)40-23-10-13-27-26(16-23)34-18-38(27)3/h4,9-18,20-21H,1,5-8H2,2-3H3,(H,35,39)(H,32,33,36). The van der Waals surface area contributed by atoms with Crippen LogP contribution in [-0.2, 0) is 11.8 Å². The van der Waals surface area contributed by atoms with Crippen molar-refractivity contribution in [2.45, 2.75) is 44.6 Å². The molecule has 1 aliphatic carbocycles. The van der Waals surface area contributed by atoms with Crippen molar-refractivity contribution < 1.29 is 9.53 Å². The molecule has 0 aliphatic heterocycles. The summed E-state index contributed by atoms with van der Waals surface area (Å²) < 4.78 is 8.16. The lowest BCUT2D eigenvalue weighted by molar-refractivity contribution is -0.117. The number of ether oxygens (including phenoxy) is 1. The summed E-state index contributed by atoms with van der Waals surface area (Å²) in [5.74, 6) is 2.39. The first-order valence-corrected chi connectivity index (χ1v) is 13.5. The maximum atomic E-state index is 11.7. The number of hydrogen-bond acceptors (Lipinski definition) is 7. The Hall–Kier alpha value is -4.79. The summed E-state index contributed by atoms with van der Waals surface area (Å²) in [6.07, 6.45) is 8.45. The van der Waals surface area contributed by atoms with Crippen molar-refractivity contribution >= 4 is 39.5 Å². The van der Waals surface area contributed by atoms with Gasteiger partial charge in [0, 0.05) is 36.5 Å². The Morgan fingerprint density at radius 1 is 1.02 bits per heavy atom. The average Bonchev–Trinajstić information content (AvgIpc) is 3.34.